The van der Waals surface area contributed by atoms with Gasteiger partial charge in [-0.3, -0.25) is 4.79 Å². The summed E-state index contributed by atoms with van der Waals surface area (Å²) in [6, 6.07) is 14.2. The zero-order chi connectivity index (χ0) is 17.6. The van der Waals surface area contributed by atoms with Gasteiger partial charge in [0, 0.05) is 17.5 Å². The van der Waals surface area contributed by atoms with E-state index in [9.17, 15) is 9.18 Å². The van der Waals surface area contributed by atoms with Crippen molar-refractivity contribution in [2.24, 2.45) is 0 Å². The molecule has 0 aliphatic carbocycles. The summed E-state index contributed by atoms with van der Waals surface area (Å²) in [6.07, 6.45) is 1.28. The summed E-state index contributed by atoms with van der Waals surface area (Å²) in [5, 5.41) is 5.49. The van der Waals surface area contributed by atoms with Crippen molar-refractivity contribution in [2.45, 2.75) is 19.8 Å². The van der Waals surface area contributed by atoms with Crippen LogP contribution in [0.1, 0.15) is 33.6 Å². The molecule has 0 spiro atoms. The zero-order valence-corrected chi connectivity index (χ0v) is 14.6. The minimum Gasteiger partial charge on any atom is -0.357 e. The topological polar surface area (TPSA) is 42.0 Å². The Kier molecular flexibility index (Phi) is 5.56. The van der Waals surface area contributed by atoms with Gasteiger partial charge < -0.3 is 5.32 Å². The standard InChI is InChI=1S/C20H18FN2OS/c1-14-7-2-4-10-16(14)19(24)18-13-25-20(23-18)22-12-6-9-15-8-3-5-11-17(15)21/h2-5,7-8,10-13H,6,9H2,1H3,(H,22,23). The first-order chi connectivity index (χ1) is 12.1. The van der Waals surface area contributed by atoms with E-state index in [0.29, 0.717) is 34.8 Å². The fourth-order valence-electron chi connectivity index (χ4n) is 2.50. The lowest BCUT2D eigenvalue weighted by Crippen LogP contribution is -2.04. The molecule has 0 aliphatic rings. The van der Waals surface area contributed by atoms with Gasteiger partial charge in [0.15, 0.2) is 5.13 Å². The Bertz CT molecular complexity index is 875. The summed E-state index contributed by atoms with van der Waals surface area (Å²) in [5.74, 6) is -0.259. The van der Waals surface area contributed by atoms with Gasteiger partial charge >= 0.3 is 0 Å². The molecule has 2 aromatic carbocycles. The van der Waals surface area contributed by atoms with Gasteiger partial charge in [-0.05, 0) is 37.0 Å². The van der Waals surface area contributed by atoms with Crippen molar-refractivity contribution < 1.29 is 9.18 Å². The Morgan fingerprint density at radius 3 is 2.76 bits per heavy atom. The maximum Gasteiger partial charge on any atom is 0.212 e. The molecule has 127 valence electrons. The number of hydrogen-bond acceptors (Lipinski definition) is 4. The second-order valence-electron chi connectivity index (χ2n) is 5.66. The van der Waals surface area contributed by atoms with Crippen molar-refractivity contribution in [3.05, 3.63) is 88.7 Å². The van der Waals surface area contributed by atoms with Crippen LogP contribution in [-0.2, 0) is 6.42 Å². The molecule has 0 saturated heterocycles. The quantitative estimate of drug-likeness (QED) is 0.478. The summed E-state index contributed by atoms with van der Waals surface area (Å²) in [4.78, 5) is 16.8. The summed E-state index contributed by atoms with van der Waals surface area (Å²) in [7, 11) is 0. The smallest absolute Gasteiger partial charge is 0.212 e. The van der Waals surface area contributed by atoms with Crippen LogP contribution >= 0.6 is 11.3 Å². The second kappa shape index (κ2) is 8.03. The predicted octanol–water partition coefficient (Wildman–Crippen LogP) is 5.03. The average molecular weight is 353 g/mol. The lowest BCUT2D eigenvalue weighted by Gasteiger charge is -2.04. The van der Waals surface area contributed by atoms with E-state index in [1.165, 1.54) is 17.4 Å². The predicted molar refractivity (Wildman–Crippen MR) is 99.4 cm³/mol. The number of nitrogens with zero attached hydrogens (tertiary/aromatic N) is 1. The fourth-order valence-corrected chi connectivity index (χ4v) is 3.18. The molecule has 1 heterocycles. The number of ketones is 1. The number of aromatic nitrogens is 1. The largest absolute Gasteiger partial charge is 0.357 e. The highest BCUT2D eigenvalue weighted by molar-refractivity contribution is 7.13. The molecular weight excluding hydrogens is 335 g/mol. The lowest BCUT2D eigenvalue weighted by molar-refractivity contribution is 0.103. The van der Waals surface area contributed by atoms with E-state index < -0.39 is 0 Å². The van der Waals surface area contributed by atoms with Gasteiger partial charge in [-0.15, -0.1) is 11.3 Å². The Morgan fingerprint density at radius 1 is 1.20 bits per heavy atom. The molecule has 1 N–H and O–H groups in total. The lowest BCUT2D eigenvalue weighted by atomic mass is 10.0. The number of carbonyl (C=O) groups is 1. The maximum atomic E-state index is 13.5. The molecule has 0 fully saturated rings. The monoisotopic (exact) mass is 353 g/mol. The number of hydrogen-bond donors (Lipinski definition) is 1. The molecule has 0 amide bonds. The van der Waals surface area contributed by atoms with E-state index in [1.807, 2.05) is 43.8 Å². The van der Waals surface area contributed by atoms with Crippen LogP contribution in [0.5, 0.6) is 0 Å². The average Bonchev–Trinajstić information content (AvgIpc) is 3.09. The van der Waals surface area contributed by atoms with Crippen LogP contribution in [-0.4, -0.2) is 10.8 Å². The Hall–Kier alpha value is -2.53. The fraction of sp³-hybridized carbons (Fsp3) is 0.150. The molecule has 0 bridgehead atoms. The summed E-state index contributed by atoms with van der Waals surface area (Å²) >= 11 is 1.38. The normalized spacial score (nSPS) is 10.6. The molecule has 1 radical (unpaired) electrons. The number of anilines is 1. The highest BCUT2D eigenvalue weighted by Gasteiger charge is 2.14. The van der Waals surface area contributed by atoms with Gasteiger partial charge in [-0.1, -0.05) is 42.5 Å². The number of nitrogens with one attached hydrogen (secondary N) is 1. The van der Waals surface area contributed by atoms with E-state index in [2.05, 4.69) is 10.3 Å². The van der Waals surface area contributed by atoms with Crippen LogP contribution in [0.3, 0.4) is 0 Å². The molecule has 3 nitrogen and oxygen atoms in total. The van der Waals surface area contributed by atoms with E-state index in [4.69, 9.17) is 0 Å². The van der Waals surface area contributed by atoms with Gasteiger partial charge in [0.05, 0.1) is 0 Å². The molecule has 1 aromatic heterocycles. The van der Waals surface area contributed by atoms with E-state index in [0.717, 1.165) is 5.56 Å². The van der Waals surface area contributed by atoms with Crippen LogP contribution < -0.4 is 5.32 Å². The van der Waals surface area contributed by atoms with Crippen LogP contribution in [0, 0.1) is 19.3 Å². The molecule has 3 rings (SSSR count). The Balaban J connectivity index is 1.55. The third-order valence-corrected chi connectivity index (χ3v) is 4.64. The number of halogens is 1. The zero-order valence-electron chi connectivity index (χ0n) is 13.8. The van der Waals surface area contributed by atoms with E-state index >= 15 is 0 Å². The highest BCUT2D eigenvalue weighted by atomic mass is 32.1. The first kappa shape index (κ1) is 17.3. The summed E-state index contributed by atoms with van der Waals surface area (Å²) < 4.78 is 13.5. The minimum absolute atomic E-state index is 0.0752. The molecule has 0 aliphatic heterocycles. The first-order valence-electron chi connectivity index (χ1n) is 8.02. The van der Waals surface area contributed by atoms with Crippen molar-refractivity contribution >= 4 is 22.3 Å². The highest BCUT2D eigenvalue weighted by Crippen LogP contribution is 2.20. The number of rotatable bonds is 7. The SMILES string of the molecule is Cc1ccccc1C(=O)c1csc(N[CH]CCc2ccccc2F)n1. The van der Waals surface area contributed by atoms with Crippen LogP contribution in [0.15, 0.2) is 53.9 Å². The van der Waals surface area contributed by atoms with Crippen molar-refractivity contribution in [3.8, 4) is 0 Å². The Labute approximate surface area is 150 Å². The van der Waals surface area contributed by atoms with Gasteiger partial charge in [0.2, 0.25) is 5.78 Å². The first-order valence-corrected chi connectivity index (χ1v) is 8.90. The van der Waals surface area contributed by atoms with Crippen LogP contribution in [0.4, 0.5) is 9.52 Å². The van der Waals surface area contributed by atoms with Crippen LogP contribution in [0.25, 0.3) is 0 Å². The van der Waals surface area contributed by atoms with Crippen molar-refractivity contribution in [2.75, 3.05) is 5.32 Å². The molecular formula is C20H18FN2OS. The number of aryl methyl sites for hydroxylation is 2. The third kappa shape index (κ3) is 4.31. The van der Waals surface area contributed by atoms with Gasteiger partial charge in [0.25, 0.3) is 0 Å². The minimum atomic E-state index is -0.184. The van der Waals surface area contributed by atoms with Gasteiger partial charge in [-0.25, -0.2) is 9.37 Å². The number of benzene rings is 2. The third-order valence-electron chi connectivity index (χ3n) is 3.87. The van der Waals surface area contributed by atoms with Crippen molar-refractivity contribution in [1.29, 1.82) is 0 Å². The van der Waals surface area contributed by atoms with Gasteiger partial charge in [-0.2, -0.15) is 0 Å². The van der Waals surface area contributed by atoms with Crippen LogP contribution in [0.2, 0.25) is 0 Å². The Morgan fingerprint density at radius 2 is 1.96 bits per heavy atom. The van der Waals surface area contributed by atoms with E-state index in [1.54, 1.807) is 17.5 Å². The van der Waals surface area contributed by atoms with Crippen molar-refractivity contribution in [1.82, 2.24) is 4.98 Å². The van der Waals surface area contributed by atoms with Gasteiger partial charge in [0.1, 0.15) is 11.5 Å². The van der Waals surface area contributed by atoms with E-state index in [-0.39, 0.29) is 11.6 Å². The molecule has 25 heavy (non-hydrogen) atoms. The number of carbonyl (C=O) groups excluding carboxylic acids is 1. The molecule has 0 saturated carbocycles. The summed E-state index contributed by atoms with van der Waals surface area (Å²) in [6.45, 7) is 3.75. The molecule has 0 atom stereocenters. The maximum absolute atomic E-state index is 13.5. The number of thiazole rings is 1. The second-order valence-corrected chi connectivity index (χ2v) is 6.52. The molecule has 3 aromatic rings. The molecule has 0 unspecified atom stereocenters. The molecule has 5 heteroatoms. The summed E-state index contributed by atoms with van der Waals surface area (Å²) in [5.41, 5.74) is 2.73. The van der Waals surface area contributed by atoms with Crippen molar-refractivity contribution in [3.63, 3.8) is 0 Å².